The molecular weight excluding hydrogens is 491 g/mol. The summed E-state index contributed by atoms with van der Waals surface area (Å²) in [6.07, 6.45) is -0.326. The first-order valence-electron chi connectivity index (χ1n) is 11.9. The van der Waals surface area contributed by atoms with Gasteiger partial charge in [-0.1, -0.05) is 18.2 Å². The predicted molar refractivity (Wildman–Crippen MR) is 126 cm³/mol. The van der Waals surface area contributed by atoms with Crippen LogP contribution in [0.2, 0.25) is 0 Å². The van der Waals surface area contributed by atoms with E-state index in [1.165, 1.54) is 17.3 Å². The Kier molecular flexibility index (Phi) is 8.10. The highest BCUT2D eigenvalue weighted by Crippen LogP contribution is 2.30. The smallest absolute Gasteiger partial charge is 0.387 e. The number of nitrogens with zero attached hydrogens (tertiary/aromatic N) is 3. The zero-order valence-corrected chi connectivity index (χ0v) is 20.1. The Morgan fingerprint density at radius 2 is 1.95 bits per heavy atom. The van der Waals surface area contributed by atoms with E-state index in [4.69, 9.17) is 4.74 Å². The maximum Gasteiger partial charge on any atom is 0.416 e. The van der Waals surface area contributed by atoms with Crippen LogP contribution in [-0.2, 0) is 15.7 Å². The first-order chi connectivity index (χ1) is 17.6. The maximum absolute atomic E-state index is 13.1. The fourth-order valence-electron chi connectivity index (χ4n) is 4.10. The lowest BCUT2D eigenvalue weighted by atomic mass is 10.1. The Balaban J connectivity index is 1.44. The monoisotopic (exact) mass is 519 g/mol. The SMILES string of the molecule is Cc1cccc(C(=O)NN2C(C(=O)NCC(O)c3ccc(C(F)(F)F)cc3)C=CN2C2CCCCO2)n1. The number of carbonyl (C=O) groups excluding carboxylic acids is 2. The van der Waals surface area contributed by atoms with E-state index in [0.29, 0.717) is 18.7 Å². The summed E-state index contributed by atoms with van der Waals surface area (Å²) in [4.78, 5) is 30.2. The van der Waals surface area contributed by atoms with Crippen LogP contribution in [0.5, 0.6) is 0 Å². The summed E-state index contributed by atoms with van der Waals surface area (Å²) in [6, 6.07) is 8.14. The first-order valence-corrected chi connectivity index (χ1v) is 11.9. The molecule has 2 aliphatic heterocycles. The average molecular weight is 520 g/mol. The fourth-order valence-corrected chi connectivity index (χ4v) is 4.10. The third-order valence-corrected chi connectivity index (χ3v) is 6.08. The molecule has 1 aromatic heterocycles. The number of aliphatic hydroxyl groups excluding tert-OH is 1. The summed E-state index contributed by atoms with van der Waals surface area (Å²) >= 11 is 0. The minimum atomic E-state index is -4.48. The van der Waals surface area contributed by atoms with Crippen LogP contribution in [0, 0.1) is 6.92 Å². The number of carbonyl (C=O) groups is 2. The number of rotatable bonds is 7. The second-order valence-electron chi connectivity index (χ2n) is 8.82. The molecule has 0 spiro atoms. The minimum Gasteiger partial charge on any atom is -0.387 e. The molecule has 1 aromatic carbocycles. The number of benzene rings is 1. The van der Waals surface area contributed by atoms with Gasteiger partial charge in [0.15, 0.2) is 0 Å². The Bertz CT molecular complexity index is 1140. The van der Waals surface area contributed by atoms with Gasteiger partial charge in [-0.2, -0.15) is 13.2 Å². The molecule has 2 aromatic rings. The number of ether oxygens (including phenoxy) is 1. The number of amides is 2. The van der Waals surface area contributed by atoms with Gasteiger partial charge in [0.05, 0.1) is 11.7 Å². The number of pyridine rings is 1. The topological polar surface area (TPSA) is 107 Å². The number of hydrogen-bond donors (Lipinski definition) is 3. The van der Waals surface area contributed by atoms with Crippen LogP contribution in [0.3, 0.4) is 0 Å². The molecule has 2 amide bonds. The van der Waals surface area contributed by atoms with Crippen molar-refractivity contribution in [2.24, 2.45) is 0 Å². The molecule has 3 N–H and O–H groups in total. The van der Waals surface area contributed by atoms with Gasteiger partial charge >= 0.3 is 6.18 Å². The Labute approximate surface area is 211 Å². The molecule has 4 rings (SSSR count). The highest BCUT2D eigenvalue weighted by molar-refractivity contribution is 5.92. The zero-order chi connectivity index (χ0) is 26.6. The molecule has 3 atom stereocenters. The van der Waals surface area contributed by atoms with E-state index >= 15 is 0 Å². The summed E-state index contributed by atoms with van der Waals surface area (Å²) in [6.45, 7) is 2.07. The van der Waals surface area contributed by atoms with Gasteiger partial charge in [-0.3, -0.25) is 20.0 Å². The third-order valence-electron chi connectivity index (χ3n) is 6.08. The molecule has 0 aliphatic carbocycles. The Morgan fingerprint density at radius 3 is 2.59 bits per heavy atom. The number of hydrazine groups is 2. The normalized spacial score (nSPS) is 21.1. The molecule has 9 nitrogen and oxygen atoms in total. The molecule has 3 heterocycles. The molecule has 0 saturated carbocycles. The van der Waals surface area contributed by atoms with E-state index in [9.17, 15) is 27.9 Å². The molecule has 37 heavy (non-hydrogen) atoms. The fraction of sp³-hybridized carbons (Fsp3) is 0.400. The van der Waals surface area contributed by atoms with Crippen LogP contribution in [0.1, 0.15) is 52.7 Å². The number of halogens is 3. The summed E-state index contributed by atoms with van der Waals surface area (Å²) in [7, 11) is 0. The molecule has 0 bridgehead atoms. The van der Waals surface area contributed by atoms with Gasteiger partial charge < -0.3 is 15.2 Å². The second kappa shape index (κ2) is 11.3. The van der Waals surface area contributed by atoms with E-state index < -0.39 is 35.7 Å². The van der Waals surface area contributed by atoms with E-state index in [1.54, 1.807) is 42.4 Å². The zero-order valence-electron chi connectivity index (χ0n) is 20.1. The van der Waals surface area contributed by atoms with Crippen molar-refractivity contribution in [1.82, 2.24) is 25.9 Å². The lowest BCUT2D eigenvalue weighted by Crippen LogP contribution is -2.60. The molecule has 12 heteroatoms. The highest BCUT2D eigenvalue weighted by atomic mass is 19.4. The molecule has 198 valence electrons. The van der Waals surface area contributed by atoms with Gasteiger partial charge in [-0.05, 0) is 62.1 Å². The first kappa shape index (κ1) is 26.6. The highest BCUT2D eigenvalue weighted by Gasteiger charge is 2.38. The lowest BCUT2D eigenvalue weighted by Gasteiger charge is -2.39. The summed E-state index contributed by atoms with van der Waals surface area (Å²) < 4.78 is 44.2. The van der Waals surface area contributed by atoms with Crippen molar-refractivity contribution in [3.8, 4) is 0 Å². The quantitative estimate of drug-likeness (QED) is 0.517. The molecule has 1 saturated heterocycles. The number of aryl methyl sites for hydroxylation is 1. The minimum absolute atomic E-state index is 0.174. The van der Waals surface area contributed by atoms with Gasteiger partial charge in [0, 0.05) is 25.0 Å². The number of alkyl halides is 3. The summed E-state index contributed by atoms with van der Waals surface area (Å²) in [5.74, 6) is -1.05. The third kappa shape index (κ3) is 6.45. The van der Waals surface area contributed by atoms with Crippen molar-refractivity contribution in [2.75, 3.05) is 13.2 Å². The van der Waals surface area contributed by atoms with Crippen molar-refractivity contribution >= 4 is 11.8 Å². The van der Waals surface area contributed by atoms with Gasteiger partial charge in [-0.15, -0.1) is 5.12 Å². The van der Waals surface area contributed by atoms with Gasteiger partial charge in [0.2, 0.25) is 5.91 Å². The van der Waals surface area contributed by atoms with Crippen LogP contribution >= 0.6 is 0 Å². The second-order valence-corrected chi connectivity index (χ2v) is 8.82. The van der Waals surface area contributed by atoms with Crippen molar-refractivity contribution < 1.29 is 32.6 Å². The molecule has 1 fully saturated rings. The number of aliphatic hydroxyl groups is 1. The predicted octanol–water partition coefficient (Wildman–Crippen LogP) is 2.84. The molecule has 0 radical (unpaired) electrons. The van der Waals surface area contributed by atoms with Gasteiger partial charge in [-0.25, -0.2) is 4.98 Å². The standard InChI is InChI=1S/C25H28F3N5O4/c1-16-5-4-6-19(30-16)23(35)31-33-20(12-13-32(33)22-7-2-3-14-37-22)24(36)29-15-21(34)17-8-10-18(11-9-17)25(26,27)28/h4-6,8-13,20-22,34H,2-3,7,14-15H2,1H3,(H,29,36)(H,31,35). The van der Waals surface area contributed by atoms with Crippen LogP contribution in [-0.4, -0.2) is 57.5 Å². The average Bonchev–Trinajstić information content (AvgIpc) is 3.30. The van der Waals surface area contributed by atoms with Crippen LogP contribution in [0.25, 0.3) is 0 Å². The lowest BCUT2D eigenvalue weighted by molar-refractivity contribution is -0.172. The van der Waals surface area contributed by atoms with Crippen molar-refractivity contribution in [1.29, 1.82) is 0 Å². The van der Waals surface area contributed by atoms with Crippen LogP contribution < -0.4 is 10.7 Å². The van der Waals surface area contributed by atoms with Crippen LogP contribution in [0.15, 0.2) is 54.7 Å². The van der Waals surface area contributed by atoms with Crippen molar-refractivity contribution in [3.63, 3.8) is 0 Å². The number of hydrogen-bond acceptors (Lipinski definition) is 7. The maximum atomic E-state index is 13.1. The van der Waals surface area contributed by atoms with Crippen LogP contribution in [0.4, 0.5) is 13.2 Å². The van der Waals surface area contributed by atoms with Crippen molar-refractivity contribution in [3.05, 3.63) is 77.3 Å². The molecule has 2 aliphatic rings. The van der Waals surface area contributed by atoms with E-state index in [1.807, 2.05) is 0 Å². The molecular formula is C25H28F3N5O4. The summed E-state index contributed by atoms with van der Waals surface area (Å²) in [5.41, 5.74) is 2.95. The van der Waals surface area contributed by atoms with Crippen molar-refractivity contribution in [2.45, 2.75) is 50.7 Å². The van der Waals surface area contributed by atoms with E-state index in [2.05, 4.69) is 15.7 Å². The number of nitrogens with one attached hydrogen (secondary N) is 2. The Hall–Kier alpha value is -3.48. The Morgan fingerprint density at radius 1 is 1.19 bits per heavy atom. The van der Waals surface area contributed by atoms with Gasteiger partial charge in [0.1, 0.15) is 18.0 Å². The molecule has 3 unspecified atom stereocenters. The number of aromatic nitrogens is 1. The van der Waals surface area contributed by atoms with E-state index in [-0.39, 0.29) is 24.0 Å². The summed E-state index contributed by atoms with van der Waals surface area (Å²) in [5, 5.41) is 16.0. The van der Waals surface area contributed by atoms with E-state index in [0.717, 1.165) is 25.0 Å². The largest absolute Gasteiger partial charge is 0.416 e. The van der Waals surface area contributed by atoms with Gasteiger partial charge in [0.25, 0.3) is 5.91 Å².